The minimum Gasteiger partial charge on any atom is -0.496 e. The van der Waals surface area contributed by atoms with E-state index < -0.39 is 6.04 Å². The van der Waals surface area contributed by atoms with Crippen LogP contribution in [-0.4, -0.2) is 52.9 Å². The Balaban J connectivity index is 1.66. The van der Waals surface area contributed by atoms with E-state index in [1.54, 1.807) is 19.5 Å². The summed E-state index contributed by atoms with van der Waals surface area (Å²) in [5.74, 6) is 0.546. The largest absolute Gasteiger partial charge is 0.496 e. The van der Waals surface area contributed by atoms with E-state index in [1.807, 2.05) is 26.0 Å². The molecule has 0 bridgehead atoms. The standard InChI is InChI=1S/C22H29N5O3/c1-14-10-25-18(11-24-14)12-26-21(28)9-19-22(29)23-7-8-27(19)13-17-5-6-20(30-4)16(3)15(17)2/h5-6,10-11,19H,7-9,12-13H2,1-4H3,(H,23,29)(H,26,28). The van der Waals surface area contributed by atoms with Gasteiger partial charge in [0.1, 0.15) is 5.75 Å². The molecule has 1 atom stereocenters. The SMILES string of the molecule is COc1ccc(CN2CCNC(=O)C2CC(=O)NCc2cnc(C)cn2)c(C)c1C. The van der Waals surface area contributed by atoms with Crippen LogP contribution in [0.3, 0.4) is 0 Å². The monoisotopic (exact) mass is 411 g/mol. The second-order valence-electron chi connectivity index (χ2n) is 7.58. The molecule has 0 aliphatic carbocycles. The van der Waals surface area contributed by atoms with Crippen molar-refractivity contribution in [2.75, 3.05) is 20.2 Å². The zero-order chi connectivity index (χ0) is 21.7. The highest BCUT2D eigenvalue weighted by molar-refractivity contribution is 5.88. The van der Waals surface area contributed by atoms with Crippen molar-refractivity contribution in [1.82, 2.24) is 25.5 Å². The zero-order valence-electron chi connectivity index (χ0n) is 18.0. The summed E-state index contributed by atoms with van der Waals surface area (Å²) in [5, 5.41) is 5.72. The summed E-state index contributed by atoms with van der Waals surface area (Å²) in [4.78, 5) is 35.5. The number of rotatable bonds is 7. The number of methoxy groups -OCH3 is 1. The summed E-state index contributed by atoms with van der Waals surface area (Å²) in [6.07, 6.45) is 3.40. The number of aromatic nitrogens is 2. The van der Waals surface area contributed by atoms with E-state index in [9.17, 15) is 9.59 Å². The fourth-order valence-electron chi connectivity index (χ4n) is 3.58. The summed E-state index contributed by atoms with van der Waals surface area (Å²) < 4.78 is 5.39. The first-order chi connectivity index (χ1) is 14.4. The van der Waals surface area contributed by atoms with Crippen LogP contribution < -0.4 is 15.4 Å². The first kappa shape index (κ1) is 21.7. The van der Waals surface area contributed by atoms with Gasteiger partial charge in [-0.3, -0.25) is 24.5 Å². The van der Waals surface area contributed by atoms with Gasteiger partial charge in [0.2, 0.25) is 11.8 Å². The van der Waals surface area contributed by atoms with Gasteiger partial charge in [-0.1, -0.05) is 6.07 Å². The van der Waals surface area contributed by atoms with E-state index in [4.69, 9.17) is 4.74 Å². The van der Waals surface area contributed by atoms with Crippen molar-refractivity contribution in [3.63, 3.8) is 0 Å². The summed E-state index contributed by atoms with van der Waals surface area (Å²) in [7, 11) is 1.66. The van der Waals surface area contributed by atoms with Crippen molar-refractivity contribution < 1.29 is 14.3 Å². The van der Waals surface area contributed by atoms with Gasteiger partial charge in [0.15, 0.2) is 0 Å². The van der Waals surface area contributed by atoms with Crippen LogP contribution in [0.25, 0.3) is 0 Å². The highest BCUT2D eigenvalue weighted by Gasteiger charge is 2.32. The number of hydrogen-bond acceptors (Lipinski definition) is 6. The van der Waals surface area contributed by atoms with Crippen LogP contribution in [0, 0.1) is 20.8 Å². The average Bonchev–Trinajstić information content (AvgIpc) is 2.73. The number of amides is 2. The predicted molar refractivity (Wildman–Crippen MR) is 113 cm³/mol. The third-order valence-corrected chi connectivity index (χ3v) is 5.56. The smallest absolute Gasteiger partial charge is 0.237 e. The Morgan fingerprint density at radius 3 is 2.73 bits per heavy atom. The van der Waals surface area contributed by atoms with E-state index in [1.165, 1.54) is 0 Å². The van der Waals surface area contributed by atoms with E-state index >= 15 is 0 Å². The average molecular weight is 412 g/mol. The molecule has 1 fully saturated rings. The Kier molecular flexibility index (Phi) is 6.99. The van der Waals surface area contributed by atoms with E-state index in [-0.39, 0.29) is 24.8 Å². The summed E-state index contributed by atoms with van der Waals surface area (Å²) in [5.41, 5.74) is 4.86. The Labute approximate surface area is 177 Å². The number of carbonyl (C=O) groups excluding carboxylic acids is 2. The van der Waals surface area contributed by atoms with Crippen LogP contribution >= 0.6 is 0 Å². The van der Waals surface area contributed by atoms with Crippen LogP contribution in [0.1, 0.15) is 34.5 Å². The topological polar surface area (TPSA) is 96.5 Å². The van der Waals surface area contributed by atoms with Crippen molar-refractivity contribution in [2.24, 2.45) is 0 Å². The van der Waals surface area contributed by atoms with Crippen LogP contribution in [0.5, 0.6) is 5.75 Å². The van der Waals surface area contributed by atoms with Gasteiger partial charge in [0, 0.05) is 25.8 Å². The van der Waals surface area contributed by atoms with Crippen molar-refractivity contribution >= 4 is 11.8 Å². The Morgan fingerprint density at radius 1 is 1.23 bits per heavy atom. The van der Waals surface area contributed by atoms with Crippen LogP contribution in [0.15, 0.2) is 24.5 Å². The maximum atomic E-state index is 12.5. The molecule has 1 aliphatic rings. The number of hydrogen-bond donors (Lipinski definition) is 2. The molecule has 0 saturated carbocycles. The van der Waals surface area contributed by atoms with Crippen molar-refractivity contribution in [1.29, 1.82) is 0 Å². The Morgan fingerprint density at radius 2 is 2.03 bits per heavy atom. The fraction of sp³-hybridized carbons (Fsp3) is 0.455. The lowest BCUT2D eigenvalue weighted by molar-refractivity contribution is -0.134. The summed E-state index contributed by atoms with van der Waals surface area (Å²) in [6.45, 7) is 8.10. The van der Waals surface area contributed by atoms with E-state index in [0.29, 0.717) is 25.3 Å². The molecule has 2 heterocycles. The van der Waals surface area contributed by atoms with Crippen molar-refractivity contribution in [3.05, 3.63) is 52.6 Å². The molecule has 8 heteroatoms. The van der Waals surface area contributed by atoms with Gasteiger partial charge in [-0.25, -0.2) is 0 Å². The molecule has 3 rings (SSSR count). The molecular formula is C22H29N5O3. The zero-order valence-corrected chi connectivity index (χ0v) is 18.0. The minimum absolute atomic E-state index is 0.0965. The van der Waals surface area contributed by atoms with Gasteiger partial charge in [0.25, 0.3) is 0 Å². The van der Waals surface area contributed by atoms with Gasteiger partial charge >= 0.3 is 0 Å². The predicted octanol–water partition coefficient (Wildman–Crippen LogP) is 1.42. The Hall–Kier alpha value is -3.00. The van der Waals surface area contributed by atoms with Gasteiger partial charge in [-0.2, -0.15) is 0 Å². The maximum Gasteiger partial charge on any atom is 0.237 e. The molecule has 0 spiro atoms. The number of nitrogens with zero attached hydrogens (tertiary/aromatic N) is 3. The first-order valence-corrected chi connectivity index (χ1v) is 10.1. The molecule has 8 nitrogen and oxygen atoms in total. The number of ether oxygens (including phenoxy) is 1. The summed E-state index contributed by atoms with van der Waals surface area (Å²) >= 11 is 0. The summed E-state index contributed by atoms with van der Waals surface area (Å²) in [6, 6.07) is 3.47. The molecule has 1 aromatic heterocycles. The molecule has 0 radical (unpaired) electrons. The van der Waals surface area contributed by atoms with E-state index in [2.05, 4.69) is 32.4 Å². The number of benzene rings is 1. The highest BCUT2D eigenvalue weighted by Crippen LogP contribution is 2.26. The molecule has 1 saturated heterocycles. The van der Waals surface area contributed by atoms with Crippen LogP contribution in [0.2, 0.25) is 0 Å². The van der Waals surface area contributed by atoms with Gasteiger partial charge in [-0.15, -0.1) is 0 Å². The molecule has 30 heavy (non-hydrogen) atoms. The molecule has 160 valence electrons. The molecule has 1 aliphatic heterocycles. The minimum atomic E-state index is -0.510. The van der Waals surface area contributed by atoms with Gasteiger partial charge in [-0.05, 0) is 43.5 Å². The third kappa shape index (κ3) is 5.13. The normalized spacial score (nSPS) is 16.8. The third-order valence-electron chi connectivity index (χ3n) is 5.56. The lowest BCUT2D eigenvalue weighted by atomic mass is 10.00. The lowest BCUT2D eigenvalue weighted by Gasteiger charge is -2.35. The second kappa shape index (κ2) is 9.67. The highest BCUT2D eigenvalue weighted by atomic mass is 16.5. The Bertz CT molecular complexity index is 914. The molecule has 1 unspecified atom stereocenters. The molecule has 2 amide bonds. The fourth-order valence-corrected chi connectivity index (χ4v) is 3.58. The number of piperazine rings is 1. The lowest BCUT2D eigenvalue weighted by Crippen LogP contribution is -2.56. The maximum absolute atomic E-state index is 12.5. The molecule has 1 aromatic carbocycles. The molecule has 2 aromatic rings. The number of nitrogens with one attached hydrogen (secondary N) is 2. The first-order valence-electron chi connectivity index (χ1n) is 10.1. The number of aryl methyl sites for hydroxylation is 1. The van der Waals surface area contributed by atoms with Gasteiger partial charge in [0.05, 0.1) is 43.7 Å². The van der Waals surface area contributed by atoms with Crippen LogP contribution in [-0.2, 0) is 22.7 Å². The van der Waals surface area contributed by atoms with E-state index in [0.717, 1.165) is 28.1 Å². The molecular weight excluding hydrogens is 382 g/mol. The number of carbonyl (C=O) groups is 2. The van der Waals surface area contributed by atoms with Crippen LogP contribution in [0.4, 0.5) is 0 Å². The van der Waals surface area contributed by atoms with Crippen molar-refractivity contribution in [2.45, 2.75) is 46.3 Å². The second-order valence-corrected chi connectivity index (χ2v) is 7.58. The molecule has 2 N–H and O–H groups in total. The van der Waals surface area contributed by atoms with Crippen molar-refractivity contribution in [3.8, 4) is 5.75 Å². The van der Waals surface area contributed by atoms with Gasteiger partial charge < -0.3 is 15.4 Å². The quantitative estimate of drug-likeness (QED) is 0.715.